The SMILES string of the molecule is C[C@@H](NC(=O)c1cc(CNC(=O)OCC2c3ccccc3-c3ccccc32)on1)C(=O)O. The molecule has 0 saturated heterocycles. The van der Waals surface area contributed by atoms with Gasteiger partial charge in [-0.25, -0.2) is 4.79 Å². The number of carboxylic acids is 1. The van der Waals surface area contributed by atoms with Crippen molar-refractivity contribution in [3.05, 3.63) is 77.2 Å². The summed E-state index contributed by atoms with van der Waals surface area (Å²) in [5.74, 6) is -1.67. The highest BCUT2D eigenvalue weighted by Crippen LogP contribution is 2.44. The van der Waals surface area contributed by atoms with E-state index in [1.54, 1.807) is 0 Å². The number of hydrogen-bond donors (Lipinski definition) is 3. The lowest BCUT2D eigenvalue weighted by Gasteiger charge is -2.14. The molecular weight excluding hydrogens is 414 g/mol. The summed E-state index contributed by atoms with van der Waals surface area (Å²) in [6, 6.07) is 16.3. The van der Waals surface area contributed by atoms with Crippen LogP contribution in [0.15, 0.2) is 59.1 Å². The van der Waals surface area contributed by atoms with Crippen molar-refractivity contribution >= 4 is 18.0 Å². The summed E-state index contributed by atoms with van der Waals surface area (Å²) in [5, 5.41) is 17.3. The number of benzene rings is 2. The van der Waals surface area contributed by atoms with E-state index in [1.165, 1.54) is 13.0 Å². The summed E-state index contributed by atoms with van der Waals surface area (Å²) >= 11 is 0. The van der Waals surface area contributed by atoms with Gasteiger partial charge in [-0.3, -0.25) is 9.59 Å². The number of alkyl carbamates (subject to hydrolysis) is 1. The topological polar surface area (TPSA) is 131 Å². The molecule has 0 saturated carbocycles. The highest BCUT2D eigenvalue weighted by Gasteiger charge is 2.29. The number of carboxylic acid groups (broad SMARTS) is 1. The summed E-state index contributed by atoms with van der Waals surface area (Å²) in [4.78, 5) is 35.0. The molecule has 2 aromatic carbocycles. The van der Waals surface area contributed by atoms with Crippen LogP contribution in [0.3, 0.4) is 0 Å². The van der Waals surface area contributed by atoms with Gasteiger partial charge in [0.05, 0.1) is 6.54 Å². The number of fused-ring (bicyclic) bond motifs is 3. The molecule has 9 heteroatoms. The normalized spacial score (nSPS) is 13.0. The first-order valence-corrected chi connectivity index (χ1v) is 10.0. The lowest BCUT2D eigenvalue weighted by atomic mass is 9.98. The van der Waals surface area contributed by atoms with E-state index >= 15 is 0 Å². The molecule has 32 heavy (non-hydrogen) atoms. The molecule has 0 bridgehead atoms. The van der Waals surface area contributed by atoms with E-state index in [4.69, 9.17) is 14.4 Å². The van der Waals surface area contributed by atoms with Crippen molar-refractivity contribution in [3.8, 4) is 11.1 Å². The first-order valence-electron chi connectivity index (χ1n) is 10.0. The van der Waals surface area contributed by atoms with E-state index in [-0.39, 0.29) is 30.5 Å². The average molecular weight is 435 g/mol. The first kappa shape index (κ1) is 21.1. The van der Waals surface area contributed by atoms with Gasteiger partial charge in [-0.1, -0.05) is 53.7 Å². The van der Waals surface area contributed by atoms with Gasteiger partial charge in [-0.2, -0.15) is 0 Å². The van der Waals surface area contributed by atoms with E-state index in [9.17, 15) is 14.4 Å². The molecule has 0 spiro atoms. The Balaban J connectivity index is 1.32. The zero-order valence-corrected chi connectivity index (χ0v) is 17.2. The Hall–Kier alpha value is -4.14. The minimum atomic E-state index is -1.17. The number of carbonyl (C=O) groups excluding carboxylic acids is 2. The Morgan fingerprint density at radius 2 is 1.72 bits per heavy atom. The molecule has 0 fully saturated rings. The Labute approximate surface area is 183 Å². The summed E-state index contributed by atoms with van der Waals surface area (Å²) in [7, 11) is 0. The van der Waals surface area contributed by atoms with Crippen LogP contribution >= 0.6 is 0 Å². The maximum absolute atomic E-state index is 12.2. The van der Waals surface area contributed by atoms with Crippen LogP contribution in [0.2, 0.25) is 0 Å². The van der Waals surface area contributed by atoms with Crippen molar-refractivity contribution in [1.82, 2.24) is 15.8 Å². The molecule has 4 rings (SSSR count). The number of aliphatic carboxylic acids is 1. The van der Waals surface area contributed by atoms with Gasteiger partial charge in [0.25, 0.3) is 5.91 Å². The number of aromatic nitrogens is 1. The van der Waals surface area contributed by atoms with Crippen molar-refractivity contribution < 1.29 is 28.8 Å². The second-order valence-corrected chi connectivity index (χ2v) is 7.39. The van der Waals surface area contributed by atoms with Crippen LogP contribution in [-0.4, -0.2) is 40.9 Å². The standard InChI is InChI=1S/C23H21N3O6/c1-13(22(28)29)25-21(27)20-10-14(32-26-20)11-24-23(30)31-12-19-17-8-4-2-6-15(17)16-7-3-5-9-18(16)19/h2-10,13,19H,11-12H2,1H3,(H,24,30)(H,25,27)(H,28,29)/t13-/m1/s1. The van der Waals surface area contributed by atoms with E-state index in [0.29, 0.717) is 0 Å². The monoisotopic (exact) mass is 435 g/mol. The maximum Gasteiger partial charge on any atom is 0.407 e. The van der Waals surface area contributed by atoms with Crippen molar-refractivity contribution in [3.63, 3.8) is 0 Å². The second-order valence-electron chi connectivity index (χ2n) is 7.39. The smallest absolute Gasteiger partial charge is 0.407 e. The van der Waals surface area contributed by atoms with Gasteiger partial charge in [-0.05, 0) is 29.2 Å². The van der Waals surface area contributed by atoms with E-state index in [2.05, 4.69) is 27.9 Å². The summed E-state index contributed by atoms with van der Waals surface area (Å²) in [5.41, 5.74) is 4.43. The van der Waals surface area contributed by atoms with Gasteiger partial charge in [-0.15, -0.1) is 0 Å². The molecule has 0 unspecified atom stereocenters. The number of rotatable bonds is 7. The van der Waals surface area contributed by atoms with Crippen LogP contribution in [0.25, 0.3) is 11.1 Å². The summed E-state index contributed by atoms with van der Waals surface area (Å²) in [6.07, 6.45) is -0.631. The fourth-order valence-corrected chi connectivity index (χ4v) is 3.64. The Kier molecular flexibility index (Phi) is 5.89. The number of carbonyl (C=O) groups is 3. The van der Waals surface area contributed by atoms with Crippen LogP contribution in [0.4, 0.5) is 4.79 Å². The predicted molar refractivity (Wildman–Crippen MR) is 113 cm³/mol. The zero-order chi connectivity index (χ0) is 22.7. The van der Waals surface area contributed by atoms with Crippen molar-refractivity contribution in [2.75, 3.05) is 6.61 Å². The molecule has 1 atom stereocenters. The molecule has 2 amide bonds. The molecule has 1 heterocycles. The number of ether oxygens (including phenoxy) is 1. The molecule has 3 N–H and O–H groups in total. The number of amides is 2. The van der Waals surface area contributed by atoms with Crippen LogP contribution in [0.5, 0.6) is 0 Å². The van der Waals surface area contributed by atoms with Crippen molar-refractivity contribution in [2.24, 2.45) is 0 Å². The summed E-state index contributed by atoms with van der Waals surface area (Å²) < 4.78 is 10.5. The zero-order valence-electron chi connectivity index (χ0n) is 17.2. The average Bonchev–Trinajstić information content (AvgIpc) is 3.39. The van der Waals surface area contributed by atoms with Crippen molar-refractivity contribution in [1.29, 1.82) is 0 Å². The molecule has 1 aliphatic carbocycles. The molecule has 0 radical (unpaired) electrons. The third kappa shape index (κ3) is 4.31. The number of hydrogen-bond acceptors (Lipinski definition) is 6. The van der Waals surface area contributed by atoms with E-state index in [1.807, 2.05) is 36.4 Å². The molecule has 1 aliphatic rings. The lowest BCUT2D eigenvalue weighted by molar-refractivity contribution is -0.138. The van der Waals surface area contributed by atoms with Crippen LogP contribution in [-0.2, 0) is 16.1 Å². The highest BCUT2D eigenvalue weighted by atomic mass is 16.5. The van der Waals surface area contributed by atoms with Gasteiger partial charge < -0.3 is 25.0 Å². The minimum Gasteiger partial charge on any atom is -0.480 e. The van der Waals surface area contributed by atoms with Gasteiger partial charge in [0.1, 0.15) is 12.6 Å². The second kappa shape index (κ2) is 8.93. The summed E-state index contributed by atoms with van der Waals surface area (Å²) in [6.45, 7) is 1.47. The predicted octanol–water partition coefficient (Wildman–Crippen LogP) is 2.92. The fourth-order valence-electron chi connectivity index (χ4n) is 3.64. The first-order chi connectivity index (χ1) is 15.4. The van der Waals surface area contributed by atoms with Gasteiger partial charge >= 0.3 is 12.1 Å². The van der Waals surface area contributed by atoms with Crippen molar-refractivity contribution in [2.45, 2.75) is 25.4 Å². The van der Waals surface area contributed by atoms with Crippen LogP contribution in [0.1, 0.15) is 40.2 Å². The molecule has 0 aliphatic heterocycles. The fraction of sp³-hybridized carbons (Fsp3) is 0.217. The molecule has 1 aromatic heterocycles. The lowest BCUT2D eigenvalue weighted by Crippen LogP contribution is -2.38. The quantitative estimate of drug-likeness (QED) is 0.520. The molecule has 164 valence electrons. The largest absolute Gasteiger partial charge is 0.480 e. The Morgan fingerprint density at radius 3 is 2.34 bits per heavy atom. The van der Waals surface area contributed by atoms with E-state index < -0.39 is 24.0 Å². The third-order valence-corrected chi connectivity index (χ3v) is 5.26. The maximum atomic E-state index is 12.2. The van der Waals surface area contributed by atoms with Crippen LogP contribution < -0.4 is 10.6 Å². The Bertz CT molecular complexity index is 1130. The molecule has 9 nitrogen and oxygen atoms in total. The van der Waals surface area contributed by atoms with Gasteiger partial charge in [0.15, 0.2) is 11.5 Å². The van der Waals surface area contributed by atoms with E-state index in [0.717, 1.165) is 22.3 Å². The molecular formula is C23H21N3O6. The Morgan fingerprint density at radius 1 is 1.09 bits per heavy atom. The van der Waals surface area contributed by atoms with Gasteiger partial charge in [0.2, 0.25) is 0 Å². The van der Waals surface area contributed by atoms with Crippen LogP contribution in [0, 0.1) is 0 Å². The van der Waals surface area contributed by atoms with Gasteiger partial charge in [0, 0.05) is 12.0 Å². The number of nitrogens with one attached hydrogen (secondary N) is 2. The minimum absolute atomic E-state index is 0.0363. The number of nitrogens with zero attached hydrogens (tertiary/aromatic N) is 1. The third-order valence-electron chi connectivity index (χ3n) is 5.26. The molecule has 3 aromatic rings. The highest BCUT2D eigenvalue weighted by molar-refractivity contribution is 5.94.